The monoisotopic (exact) mass is 214 g/mol. The Morgan fingerprint density at radius 3 is 2.12 bits per heavy atom. The van der Waals surface area contributed by atoms with Crippen molar-refractivity contribution in [2.75, 3.05) is 0 Å². The molecule has 4 heteroatoms. The van der Waals surface area contributed by atoms with E-state index in [1.54, 1.807) is 12.4 Å². The topological polar surface area (TPSA) is 64.7 Å². The fourth-order valence-electron chi connectivity index (χ4n) is 1.66. The summed E-state index contributed by atoms with van der Waals surface area (Å²) in [4.78, 5) is 12.9. The van der Waals surface area contributed by atoms with Gasteiger partial charge in [-0.15, -0.1) is 0 Å². The van der Waals surface area contributed by atoms with Crippen molar-refractivity contribution in [3.8, 4) is 11.4 Å². The van der Waals surface area contributed by atoms with Crippen LogP contribution >= 0.6 is 0 Å². The third-order valence-corrected chi connectivity index (χ3v) is 2.56. The van der Waals surface area contributed by atoms with Gasteiger partial charge in [0.25, 0.3) is 0 Å². The van der Waals surface area contributed by atoms with Gasteiger partial charge in [-0.25, -0.2) is 9.97 Å². The summed E-state index contributed by atoms with van der Waals surface area (Å²) >= 11 is 0. The van der Waals surface area contributed by atoms with Crippen molar-refractivity contribution < 1.29 is 0 Å². The second kappa shape index (κ2) is 4.37. The molecule has 0 bridgehead atoms. The second-order valence-corrected chi connectivity index (χ2v) is 3.64. The molecule has 2 aromatic heterocycles. The third kappa shape index (κ3) is 1.92. The normalized spacial score (nSPS) is 10.4. The van der Waals surface area contributed by atoms with Gasteiger partial charge >= 0.3 is 0 Å². The number of hydrogen-bond donors (Lipinski definition) is 1. The highest BCUT2D eigenvalue weighted by Crippen LogP contribution is 2.17. The van der Waals surface area contributed by atoms with Crippen LogP contribution in [0.25, 0.3) is 11.4 Å². The van der Waals surface area contributed by atoms with Crippen LogP contribution in [0, 0.1) is 13.8 Å². The lowest BCUT2D eigenvalue weighted by Crippen LogP contribution is -2.07. The first kappa shape index (κ1) is 10.7. The molecule has 0 aliphatic rings. The average Bonchev–Trinajstić information content (AvgIpc) is 2.30. The molecule has 2 aromatic rings. The zero-order valence-corrected chi connectivity index (χ0v) is 9.44. The van der Waals surface area contributed by atoms with Crippen LogP contribution in [-0.4, -0.2) is 15.0 Å². The molecule has 0 unspecified atom stereocenters. The van der Waals surface area contributed by atoms with Gasteiger partial charge in [0.1, 0.15) is 0 Å². The van der Waals surface area contributed by atoms with Gasteiger partial charge in [-0.05, 0) is 26.0 Å². The van der Waals surface area contributed by atoms with Gasteiger partial charge in [0.05, 0.1) is 0 Å². The van der Waals surface area contributed by atoms with Crippen LogP contribution in [0.4, 0.5) is 0 Å². The summed E-state index contributed by atoms with van der Waals surface area (Å²) in [6.45, 7) is 4.40. The van der Waals surface area contributed by atoms with E-state index >= 15 is 0 Å². The van der Waals surface area contributed by atoms with E-state index in [0.29, 0.717) is 6.54 Å². The molecule has 0 saturated carbocycles. The molecule has 2 heterocycles. The lowest BCUT2D eigenvalue weighted by atomic mass is 10.1. The lowest BCUT2D eigenvalue weighted by Gasteiger charge is -2.08. The molecule has 0 amide bonds. The third-order valence-electron chi connectivity index (χ3n) is 2.56. The summed E-state index contributed by atoms with van der Waals surface area (Å²) in [6.07, 6.45) is 3.47. The number of nitrogens with two attached hydrogens (primary N) is 1. The molecule has 4 nitrogen and oxygen atoms in total. The summed E-state index contributed by atoms with van der Waals surface area (Å²) in [5.74, 6) is 0.731. The largest absolute Gasteiger partial charge is 0.326 e. The average molecular weight is 214 g/mol. The smallest absolute Gasteiger partial charge is 0.159 e. The maximum absolute atomic E-state index is 5.65. The van der Waals surface area contributed by atoms with E-state index in [0.717, 1.165) is 28.3 Å². The Hall–Kier alpha value is -1.81. The van der Waals surface area contributed by atoms with Crippen molar-refractivity contribution in [1.82, 2.24) is 15.0 Å². The molecule has 0 aliphatic carbocycles. The molecule has 0 saturated heterocycles. The van der Waals surface area contributed by atoms with Crippen LogP contribution in [0.15, 0.2) is 24.5 Å². The lowest BCUT2D eigenvalue weighted by molar-refractivity contribution is 0.938. The van der Waals surface area contributed by atoms with Crippen molar-refractivity contribution in [2.45, 2.75) is 20.4 Å². The van der Waals surface area contributed by atoms with Crippen molar-refractivity contribution in [3.05, 3.63) is 41.5 Å². The minimum Gasteiger partial charge on any atom is -0.326 e. The number of nitrogens with zero attached hydrogens (tertiary/aromatic N) is 3. The first-order valence-corrected chi connectivity index (χ1v) is 5.17. The zero-order chi connectivity index (χ0) is 11.5. The van der Waals surface area contributed by atoms with Crippen LogP contribution in [0.1, 0.15) is 17.0 Å². The highest BCUT2D eigenvalue weighted by Gasteiger charge is 2.08. The van der Waals surface area contributed by atoms with Crippen molar-refractivity contribution in [3.63, 3.8) is 0 Å². The van der Waals surface area contributed by atoms with E-state index in [-0.39, 0.29) is 0 Å². The van der Waals surface area contributed by atoms with Crippen LogP contribution in [0.5, 0.6) is 0 Å². The second-order valence-electron chi connectivity index (χ2n) is 3.64. The maximum atomic E-state index is 5.65. The van der Waals surface area contributed by atoms with Gasteiger partial charge < -0.3 is 5.73 Å². The van der Waals surface area contributed by atoms with Gasteiger partial charge in [0.2, 0.25) is 0 Å². The van der Waals surface area contributed by atoms with Crippen LogP contribution in [-0.2, 0) is 6.54 Å². The number of aryl methyl sites for hydroxylation is 2. The van der Waals surface area contributed by atoms with E-state index in [4.69, 9.17) is 5.73 Å². The molecule has 0 aliphatic heterocycles. The Labute approximate surface area is 94.6 Å². The molecule has 0 fully saturated rings. The molecular weight excluding hydrogens is 200 g/mol. The standard InChI is InChI=1S/C12H14N4/c1-8-11(7-13)9(2)16-12(15-8)10-3-5-14-6-4-10/h3-6H,7,13H2,1-2H3. The van der Waals surface area contributed by atoms with Crippen LogP contribution in [0.2, 0.25) is 0 Å². The highest BCUT2D eigenvalue weighted by atomic mass is 14.9. The van der Waals surface area contributed by atoms with Crippen LogP contribution in [0.3, 0.4) is 0 Å². The van der Waals surface area contributed by atoms with E-state index < -0.39 is 0 Å². The first-order valence-electron chi connectivity index (χ1n) is 5.17. The number of hydrogen-bond acceptors (Lipinski definition) is 4. The molecule has 0 radical (unpaired) electrons. The minimum absolute atomic E-state index is 0.480. The van der Waals surface area contributed by atoms with Crippen LogP contribution < -0.4 is 5.73 Å². The Morgan fingerprint density at radius 2 is 1.62 bits per heavy atom. The minimum atomic E-state index is 0.480. The summed E-state index contributed by atoms with van der Waals surface area (Å²) in [5, 5.41) is 0. The molecule has 82 valence electrons. The summed E-state index contributed by atoms with van der Waals surface area (Å²) in [7, 11) is 0. The van der Waals surface area contributed by atoms with Gasteiger partial charge in [-0.2, -0.15) is 0 Å². The summed E-state index contributed by atoms with van der Waals surface area (Å²) in [5.41, 5.74) is 9.54. The molecular formula is C12H14N4. The van der Waals surface area contributed by atoms with E-state index in [1.807, 2.05) is 26.0 Å². The summed E-state index contributed by atoms with van der Waals surface area (Å²) < 4.78 is 0. The summed E-state index contributed by atoms with van der Waals surface area (Å²) in [6, 6.07) is 3.80. The Morgan fingerprint density at radius 1 is 1.06 bits per heavy atom. The fourth-order valence-corrected chi connectivity index (χ4v) is 1.66. The fraction of sp³-hybridized carbons (Fsp3) is 0.250. The predicted octanol–water partition coefficient (Wildman–Crippen LogP) is 1.61. The van der Waals surface area contributed by atoms with Gasteiger partial charge in [0.15, 0.2) is 5.82 Å². The SMILES string of the molecule is Cc1nc(-c2ccncc2)nc(C)c1CN. The number of aromatic nitrogens is 3. The predicted molar refractivity (Wildman–Crippen MR) is 62.6 cm³/mol. The number of rotatable bonds is 2. The number of pyridine rings is 1. The Balaban J connectivity index is 2.53. The molecule has 0 spiro atoms. The molecule has 0 aromatic carbocycles. The molecule has 16 heavy (non-hydrogen) atoms. The van der Waals surface area contributed by atoms with Crippen molar-refractivity contribution >= 4 is 0 Å². The molecule has 2 rings (SSSR count). The highest BCUT2D eigenvalue weighted by molar-refractivity contribution is 5.54. The zero-order valence-electron chi connectivity index (χ0n) is 9.44. The van der Waals surface area contributed by atoms with Gasteiger partial charge in [0, 0.05) is 41.5 Å². The maximum Gasteiger partial charge on any atom is 0.159 e. The quantitative estimate of drug-likeness (QED) is 0.825. The molecule has 2 N–H and O–H groups in total. The van der Waals surface area contributed by atoms with Crippen molar-refractivity contribution in [1.29, 1.82) is 0 Å². The van der Waals surface area contributed by atoms with Gasteiger partial charge in [-0.1, -0.05) is 0 Å². The van der Waals surface area contributed by atoms with Crippen molar-refractivity contribution in [2.24, 2.45) is 5.73 Å². The Bertz CT molecular complexity index is 471. The van der Waals surface area contributed by atoms with E-state index in [2.05, 4.69) is 15.0 Å². The first-order chi connectivity index (χ1) is 7.72. The Kier molecular flexibility index (Phi) is 2.92. The van der Waals surface area contributed by atoms with Gasteiger partial charge in [-0.3, -0.25) is 4.98 Å². The van der Waals surface area contributed by atoms with E-state index in [1.165, 1.54) is 0 Å². The molecule has 0 atom stereocenters. The van der Waals surface area contributed by atoms with E-state index in [9.17, 15) is 0 Å².